The van der Waals surface area contributed by atoms with Gasteiger partial charge in [-0.3, -0.25) is 10.1 Å². The summed E-state index contributed by atoms with van der Waals surface area (Å²) >= 11 is 0. The Morgan fingerprint density at radius 1 is 0.966 bits per heavy atom. The quantitative estimate of drug-likeness (QED) is 0.379. The lowest BCUT2D eigenvalue weighted by Crippen LogP contribution is -2.04. The van der Waals surface area contributed by atoms with E-state index in [2.05, 4.69) is 6.92 Å². The summed E-state index contributed by atoms with van der Waals surface area (Å²) in [6.07, 6.45) is 3.30. The normalized spacial score (nSPS) is 11.9. The van der Waals surface area contributed by atoms with E-state index in [1.165, 1.54) is 29.8 Å². The molecule has 0 aliphatic rings. The summed E-state index contributed by atoms with van der Waals surface area (Å²) in [6, 6.07) is 18.7. The van der Waals surface area contributed by atoms with Crippen molar-refractivity contribution in [2.45, 2.75) is 38.5 Å². The van der Waals surface area contributed by atoms with E-state index in [1.807, 2.05) is 12.1 Å². The Balaban J connectivity index is 1.68. The maximum absolute atomic E-state index is 13.0. The zero-order valence-corrected chi connectivity index (χ0v) is 16.3. The molecule has 3 aromatic rings. The van der Waals surface area contributed by atoms with Gasteiger partial charge in [0.25, 0.3) is 5.69 Å². The highest BCUT2D eigenvalue weighted by Gasteiger charge is 2.13. The molecule has 0 saturated carbocycles. The largest absolute Gasteiger partial charge is 0.508 e. The molecular formula is C24H24FNO3. The van der Waals surface area contributed by atoms with Crippen LogP contribution in [0.2, 0.25) is 0 Å². The van der Waals surface area contributed by atoms with Gasteiger partial charge in [-0.1, -0.05) is 37.3 Å². The molecule has 0 radical (unpaired) electrons. The highest BCUT2D eigenvalue weighted by atomic mass is 19.1. The molecule has 0 amide bonds. The summed E-state index contributed by atoms with van der Waals surface area (Å²) in [5, 5.41) is 20.7. The van der Waals surface area contributed by atoms with Gasteiger partial charge in [-0.25, -0.2) is 4.39 Å². The smallest absolute Gasteiger partial charge is 0.269 e. The molecule has 1 atom stereocenters. The van der Waals surface area contributed by atoms with Crippen LogP contribution in [0.4, 0.5) is 10.1 Å². The summed E-state index contributed by atoms with van der Waals surface area (Å²) in [7, 11) is 0. The number of nitro groups is 1. The minimum Gasteiger partial charge on any atom is -0.508 e. The predicted molar refractivity (Wildman–Crippen MR) is 112 cm³/mol. The maximum Gasteiger partial charge on any atom is 0.269 e. The number of hydrogen-bond donors (Lipinski definition) is 1. The number of benzene rings is 3. The van der Waals surface area contributed by atoms with Crippen LogP contribution in [0.15, 0.2) is 66.7 Å². The molecule has 4 nitrogen and oxygen atoms in total. The molecule has 0 aliphatic carbocycles. The number of aryl methyl sites for hydroxylation is 2. The van der Waals surface area contributed by atoms with E-state index >= 15 is 0 Å². The maximum atomic E-state index is 13.0. The van der Waals surface area contributed by atoms with E-state index in [9.17, 15) is 19.6 Å². The Labute approximate surface area is 169 Å². The fourth-order valence-corrected chi connectivity index (χ4v) is 3.64. The number of nitro benzene ring substituents is 1. The second kappa shape index (κ2) is 9.32. The lowest BCUT2D eigenvalue weighted by Gasteiger charge is -2.17. The van der Waals surface area contributed by atoms with Crippen LogP contribution >= 0.6 is 0 Å². The first-order valence-electron chi connectivity index (χ1n) is 9.72. The van der Waals surface area contributed by atoms with Gasteiger partial charge in [0.15, 0.2) is 0 Å². The molecule has 1 unspecified atom stereocenters. The van der Waals surface area contributed by atoms with E-state index in [0.29, 0.717) is 0 Å². The van der Waals surface area contributed by atoms with E-state index in [-0.39, 0.29) is 23.2 Å². The molecule has 0 spiro atoms. The van der Waals surface area contributed by atoms with Crippen LogP contribution in [0.25, 0.3) is 0 Å². The van der Waals surface area contributed by atoms with Crippen LogP contribution < -0.4 is 0 Å². The molecule has 150 valence electrons. The van der Waals surface area contributed by atoms with E-state index in [0.717, 1.165) is 42.4 Å². The number of phenolic OH excluding ortho intramolecular Hbond substituents is 1. The first kappa shape index (κ1) is 20.5. The topological polar surface area (TPSA) is 63.4 Å². The van der Waals surface area contributed by atoms with Crippen LogP contribution in [0, 0.1) is 15.9 Å². The average Bonchev–Trinajstić information content (AvgIpc) is 2.70. The summed E-state index contributed by atoms with van der Waals surface area (Å²) in [4.78, 5) is 10.4. The SMILES string of the molecule is CC(Cc1ccc([N+](=O)[O-])cc1)c1ccc(O)cc1CCCc1ccc(F)cc1. The van der Waals surface area contributed by atoms with Gasteiger partial charge >= 0.3 is 0 Å². The second-order valence-electron chi connectivity index (χ2n) is 7.39. The van der Waals surface area contributed by atoms with E-state index in [1.54, 1.807) is 30.3 Å². The van der Waals surface area contributed by atoms with Crippen molar-refractivity contribution in [2.24, 2.45) is 0 Å². The number of nitrogens with zero attached hydrogens (tertiary/aromatic N) is 1. The summed E-state index contributed by atoms with van der Waals surface area (Å²) in [5.41, 5.74) is 4.48. The monoisotopic (exact) mass is 393 g/mol. The van der Waals surface area contributed by atoms with Gasteiger partial charge in [-0.15, -0.1) is 0 Å². The molecule has 5 heteroatoms. The van der Waals surface area contributed by atoms with Crippen molar-refractivity contribution in [1.29, 1.82) is 0 Å². The number of non-ortho nitro benzene ring substituents is 1. The number of aromatic hydroxyl groups is 1. The fraction of sp³-hybridized carbons (Fsp3) is 0.250. The third-order valence-corrected chi connectivity index (χ3v) is 5.17. The standard InChI is InChI=1S/C24H24FNO3/c1-17(15-19-7-11-22(12-8-19)26(28)29)24-14-13-23(27)16-20(24)4-2-3-18-5-9-21(25)10-6-18/h5-14,16-17,27H,2-4,15H2,1H3. The van der Waals surface area contributed by atoms with Gasteiger partial charge in [0.2, 0.25) is 0 Å². The van der Waals surface area contributed by atoms with Gasteiger partial charge < -0.3 is 5.11 Å². The van der Waals surface area contributed by atoms with E-state index in [4.69, 9.17) is 0 Å². The van der Waals surface area contributed by atoms with Crippen molar-refractivity contribution in [1.82, 2.24) is 0 Å². The van der Waals surface area contributed by atoms with Crippen LogP contribution in [-0.2, 0) is 19.3 Å². The van der Waals surface area contributed by atoms with Gasteiger partial charge in [0, 0.05) is 12.1 Å². The van der Waals surface area contributed by atoms with Crippen LogP contribution in [0.5, 0.6) is 5.75 Å². The molecular weight excluding hydrogens is 369 g/mol. The molecule has 0 bridgehead atoms. The van der Waals surface area contributed by atoms with Crippen molar-refractivity contribution < 1.29 is 14.4 Å². The molecule has 0 aromatic heterocycles. The third kappa shape index (κ3) is 5.64. The highest BCUT2D eigenvalue weighted by Crippen LogP contribution is 2.28. The Kier molecular flexibility index (Phi) is 6.60. The van der Waals surface area contributed by atoms with Gasteiger partial charge in [-0.2, -0.15) is 0 Å². The minimum atomic E-state index is -0.396. The lowest BCUT2D eigenvalue weighted by molar-refractivity contribution is -0.384. The summed E-state index contributed by atoms with van der Waals surface area (Å²) in [6.45, 7) is 2.12. The lowest BCUT2D eigenvalue weighted by atomic mass is 9.88. The van der Waals surface area contributed by atoms with Gasteiger partial charge in [0.1, 0.15) is 11.6 Å². The van der Waals surface area contributed by atoms with Crippen LogP contribution in [0.3, 0.4) is 0 Å². The first-order chi connectivity index (χ1) is 13.9. The van der Waals surface area contributed by atoms with Crippen molar-refractivity contribution in [3.05, 3.63) is 105 Å². The van der Waals surface area contributed by atoms with Gasteiger partial charge in [0.05, 0.1) is 4.92 Å². The fourth-order valence-electron chi connectivity index (χ4n) is 3.64. The highest BCUT2D eigenvalue weighted by molar-refractivity contribution is 5.39. The van der Waals surface area contributed by atoms with Crippen molar-refractivity contribution in [3.63, 3.8) is 0 Å². The number of hydrogen-bond acceptors (Lipinski definition) is 3. The Morgan fingerprint density at radius 2 is 1.62 bits per heavy atom. The van der Waals surface area contributed by atoms with Crippen molar-refractivity contribution >= 4 is 5.69 Å². The summed E-state index contributed by atoms with van der Waals surface area (Å²) < 4.78 is 13.0. The Hall–Kier alpha value is -3.21. The Morgan fingerprint density at radius 3 is 2.28 bits per heavy atom. The number of phenols is 1. The number of rotatable bonds is 8. The van der Waals surface area contributed by atoms with Crippen molar-refractivity contribution in [3.8, 4) is 5.75 Å². The van der Waals surface area contributed by atoms with Crippen molar-refractivity contribution in [2.75, 3.05) is 0 Å². The Bertz CT molecular complexity index is 968. The average molecular weight is 393 g/mol. The minimum absolute atomic E-state index is 0.0903. The second-order valence-corrected chi connectivity index (χ2v) is 7.39. The molecule has 0 saturated heterocycles. The van der Waals surface area contributed by atoms with Crippen LogP contribution in [0.1, 0.15) is 41.5 Å². The molecule has 3 rings (SSSR count). The predicted octanol–water partition coefficient (Wildman–Crippen LogP) is 5.96. The van der Waals surface area contributed by atoms with Gasteiger partial charge in [-0.05, 0) is 78.1 Å². The zero-order valence-electron chi connectivity index (χ0n) is 16.3. The third-order valence-electron chi connectivity index (χ3n) is 5.17. The molecule has 29 heavy (non-hydrogen) atoms. The molecule has 0 heterocycles. The molecule has 0 aliphatic heterocycles. The number of halogens is 1. The molecule has 0 fully saturated rings. The zero-order chi connectivity index (χ0) is 20.8. The van der Waals surface area contributed by atoms with Crippen LogP contribution in [-0.4, -0.2) is 10.0 Å². The van der Waals surface area contributed by atoms with E-state index < -0.39 is 4.92 Å². The first-order valence-corrected chi connectivity index (χ1v) is 9.72. The molecule has 3 aromatic carbocycles. The summed E-state index contributed by atoms with van der Waals surface area (Å²) in [5.74, 6) is 0.218. The molecule has 1 N–H and O–H groups in total.